The van der Waals surface area contributed by atoms with E-state index in [2.05, 4.69) is 15.6 Å². The minimum atomic E-state index is -2.93. The Morgan fingerprint density at radius 2 is 1.96 bits per heavy atom. The van der Waals surface area contributed by atoms with Crippen LogP contribution in [-0.4, -0.2) is 45.0 Å². The van der Waals surface area contributed by atoms with Gasteiger partial charge in [0.05, 0.1) is 18.1 Å². The summed E-state index contributed by atoms with van der Waals surface area (Å²) < 4.78 is 23.3. The van der Waals surface area contributed by atoms with Gasteiger partial charge in [-0.15, -0.1) is 0 Å². The fourth-order valence-corrected chi connectivity index (χ4v) is 5.50. The van der Waals surface area contributed by atoms with Crippen molar-refractivity contribution in [2.24, 2.45) is 4.99 Å². The van der Waals surface area contributed by atoms with Crippen LogP contribution in [0.4, 0.5) is 0 Å². The lowest BCUT2D eigenvalue weighted by Crippen LogP contribution is -2.44. The summed E-state index contributed by atoms with van der Waals surface area (Å²) in [6.07, 6.45) is 0.604. The van der Waals surface area contributed by atoms with Crippen molar-refractivity contribution in [2.75, 3.05) is 24.6 Å². The van der Waals surface area contributed by atoms with E-state index >= 15 is 0 Å². The first-order valence-corrected chi connectivity index (χ1v) is 10.9. The molecular weight excluding hydrogens is 381 g/mol. The zero-order valence-electron chi connectivity index (χ0n) is 14.8. The van der Waals surface area contributed by atoms with Gasteiger partial charge in [-0.3, -0.25) is 4.99 Å². The van der Waals surface area contributed by atoms with E-state index in [1.54, 1.807) is 0 Å². The van der Waals surface area contributed by atoms with Crippen molar-refractivity contribution in [2.45, 2.75) is 38.6 Å². The molecule has 2 rings (SSSR count). The number of rotatable bonds is 5. The molecule has 1 aliphatic heterocycles. The van der Waals surface area contributed by atoms with Crippen LogP contribution in [0.5, 0.6) is 0 Å². The molecule has 1 saturated heterocycles. The summed E-state index contributed by atoms with van der Waals surface area (Å²) in [6, 6.07) is 5.36. The molecule has 0 spiro atoms. The topological polar surface area (TPSA) is 70.6 Å². The van der Waals surface area contributed by atoms with E-state index in [-0.39, 0.29) is 23.0 Å². The third kappa shape index (κ3) is 5.50. The van der Waals surface area contributed by atoms with Crippen LogP contribution in [0.1, 0.15) is 32.8 Å². The molecule has 1 unspecified atom stereocenters. The minimum Gasteiger partial charge on any atom is -0.357 e. The fourth-order valence-electron chi connectivity index (χ4n) is 2.92. The highest BCUT2D eigenvalue weighted by Crippen LogP contribution is 2.35. The Bertz CT molecular complexity index is 728. The molecule has 5 nitrogen and oxygen atoms in total. The van der Waals surface area contributed by atoms with Crippen LogP contribution in [0.2, 0.25) is 10.0 Å². The maximum Gasteiger partial charge on any atom is 0.191 e. The largest absolute Gasteiger partial charge is 0.357 e. The number of sulfone groups is 1. The number of halogens is 2. The van der Waals surface area contributed by atoms with Crippen LogP contribution < -0.4 is 10.6 Å². The average Bonchev–Trinajstić information content (AvgIpc) is 2.83. The molecule has 25 heavy (non-hydrogen) atoms. The van der Waals surface area contributed by atoms with Gasteiger partial charge in [0, 0.05) is 28.0 Å². The lowest BCUT2D eigenvalue weighted by molar-refractivity contribution is 0.535. The van der Waals surface area contributed by atoms with E-state index in [1.807, 2.05) is 39.0 Å². The van der Waals surface area contributed by atoms with E-state index in [4.69, 9.17) is 23.2 Å². The number of benzene rings is 1. The van der Waals surface area contributed by atoms with Crippen LogP contribution in [0.15, 0.2) is 23.2 Å². The first-order valence-electron chi connectivity index (χ1n) is 8.34. The van der Waals surface area contributed by atoms with E-state index in [0.29, 0.717) is 35.5 Å². The van der Waals surface area contributed by atoms with Crippen molar-refractivity contribution in [3.8, 4) is 0 Å². The fraction of sp³-hybridized carbons (Fsp3) is 0.588. The summed E-state index contributed by atoms with van der Waals surface area (Å²) in [7, 11) is -2.93. The second-order valence-electron chi connectivity index (χ2n) is 6.92. The molecule has 140 valence electrons. The van der Waals surface area contributed by atoms with Gasteiger partial charge in [-0.05, 0) is 31.0 Å². The molecule has 0 aliphatic carbocycles. The number of guanidine groups is 1. The molecule has 0 bridgehead atoms. The first-order chi connectivity index (χ1) is 11.6. The van der Waals surface area contributed by atoms with E-state index in [1.165, 1.54) is 0 Å². The normalized spacial score (nSPS) is 20.5. The zero-order chi connectivity index (χ0) is 18.7. The molecule has 0 aromatic heterocycles. The summed E-state index contributed by atoms with van der Waals surface area (Å²) >= 11 is 12.7. The quantitative estimate of drug-likeness (QED) is 0.583. The molecule has 0 amide bonds. The Kier molecular flexibility index (Phi) is 6.62. The summed E-state index contributed by atoms with van der Waals surface area (Å²) in [5.74, 6) is 0.989. The highest BCUT2D eigenvalue weighted by Gasteiger charge is 2.29. The summed E-state index contributed by atoms with van der Waals surface area (Å²) in [5.41, 5.74) is 0.501. The highest BCUT2D eigenvalue weighted by atomic mass is 35.5. The number of hydrogen-bond donors (Lipinski definition) is 2. The van der Waals surface area contributed by atoms with Crippen LogP contribution >= 0.6 is 23.2 Å². The van der Waals surface area contributed by atoms with Crippen LogP contribution in [-0.2, 0) is 15.3 Å². The van der Waals surface area contributed by atoms with Gasteiger partial charge in [-0.25, -0.2) is 8.42 Å². The van der Waals surface area contributed by atoms with Gasteiger partial charge in [0.15, 0.2) is 15.8 Å². The third-order valence-electron chi connectivity index (χ3n) is 4.19. The molecule has 0 saturated carbocycles. The molecule has 1 heterocycles. The predicted molar refractivity (Wildman–Crippen MR) is 106 cm³/mol. The second-order valence-corrected chi connectivity index (χ2v) is 9.96. The Hall–Kier alpha value is -0.980. The van der Waals surface area contributed by atoms with Gasteiger partial charge < -0.3 is 10.6 Å². The summed E-state index contributed by atoms with van der Waals surface area (Å²) in [4.78, 5) is 4.64. The smallest absolute Gasteiger partial charge is 0.191 e. The summed E-state index contributed by atoms with van der Waals surface area (Å²) in [5, 5.41) is 7.62. The molecule has 1 aromatic rings. The van der Waals surface area contributed by atoms with Gasteiger partial charge in [0.1, 0.15) is 0 Å². The first kappa shape index (κ1) is 20.3. The van der Waals surface area contributed by atoms with Gasteiger partial charge >= 0.3 is 0 Å². The number of aliphatic imine (C=N–C) groups is 1. The van der Waals surface area contributed by atoms with Gasteiger partial charge in [-0.2, -0.15) is 0 Å². The maximum atomic E-state index is 11.6. The number of nitrogens with zero attached hydrogens (tertiary/aromatic N) is 1. The molecule has 1 atom stereocenters. The third-order valence-corrected chi connectivity index (χ3v) is 6.59. The average molecular weight is 406 g/mol. The lowest BCUT2D eigenvalue weighted by Gasteiger charge is -2.26. The van der Waals surface area contributed by atoms with Crippen molar-refractivity contribution in [1.29, 1.82) is 0 Å². The van der Waals surface area contributed by atoms with Crippen molar-refractivity contribution < 1.29 is 8.42 Å². The van der Waals surface area contributed by atoms with Gasteiger partial charge in [0.2, 0.25) is 0 Å². The minimum absolute atomic E-state index is 0.102. The summed E-state index contributed by atoms with van der Waals surface area (Å²) in [6.45, 7) is 7.20. The lowest BCUT2D eigenvalue weighted by atomic mass is 9.84. The zero-order valence-corrected chi connectivity index (χ0v) is 17.1. The maximum absolute atomic E-state index is 11.6. The van der Waals surface area contributed by atoms with Gasteiger partial charge in [-0.1, -0.05) is 43.1 Å². The van der Waals surface area contributed by atoms with E-state index < -0.39 is 9.84 Å². The van der Waals surface area contributed by atoms with Crippen molar-refractivity contribution in [3.63, 3.8) is 0 Å². The van der Waals surface area contributed by atoms with Crippen molar-refractivity contribution in [3.05, 3.63) is 33.8 Å². The Morgan fingerprint density at radius 3 is 2.48 bits per heavy atom. The predicted octanol–water partition coefficient (Wildman–Crippen LogP) is 3.01. The number of hydrogen-bond acceptors (Lipinski definition) is 3. The highest BCUT2D eigenvalue weighted by molar-refractivity contribution is 7.91. The van der Waals surface area contributed by atoms with Crippen LogP contribution in [0, 0.1) is 0 Å². The second kappa shape index (κ2) is 8.14. The Morgan fingerprint density at radius 1 is 1.32 bits per heavy atom. The molecular formula is C17H25Cl2N3O2S. The molecule has 1 aliphatic rings. The molecule has 1 fully saturated rings. The Labute approximate surface area is 160 Å². The SMILES string of the molecule is CCNC(=NCC(C)(C)c1c(Cl)cccc1Cl)NC1CCS(=O)(=O)C1. The standard InChI is InChI=1S/C17H25Cl2N3O2S/c1-4-20-16(22-12-8-9-25(23,24)10-12)21-11-17(2,3)15-13(18)6-5-7-14(15)19/h5-7,12H,4,8-11H2,1-3H3,(H2,20,21,22). The molecule has 0 radical (unpaired) electrons. The number of nitrogens with one attached hydrogen (secondary N) is 2. The monoisotopic (exact) mass is 405 g/mol. The van der Waals surface area contributed by atoms with Gasteiger partial charge in [0.25, 0.3) is 0 Å². The molecule has 8 heteroatoms. The molecule has 1 aromatic carbocycles. The van der Waals surface area contributed by atoms with Crippen LogP contribution in [0.25, 0.3) is 0 Å². The Balaban J connectivity index is 2.14. The van der Waals surface area contributed by atoms with E-state index in [9.17, 15) is 8.42 Å². The van der Waals surface area contributed by atoms with Crippen molar-refractivity contribution in [1.82, 2.24) is 10.6 Å². The molecule has 2 N–H and O–H groups in total. The van der Waals surface area contributed by atoms with Crippen LogP contribution in [0.3, 0.4) is 0 Å². The van der Waals surface area contributed by atoms with E-state index in [0.717, 1.165) is 5.56 Å². The van der Waals surface area contributed by atoms with Crippen molar-refractivity contribution >= 4 is 39.0 Å².